The normalized spacial score (nSPS) is 11.9. The van der Waals surface area contributed by atoms with Crippen molar-refractivity contribution < 1.29 is 23.5 Å². The highest BCUT2D eigenvalue weighted by Gasteiger charge is 2.25. The predicted octanol–water partition coefficient (Wildman–Crippen LogP) is 2.97. The number of nitrogens with zero attached hydrogens (tertiary/aromatic N) is 1. The molecule has 0 radical (unpaired) electrons. The number of esters is 1. The maximum atomic E-state index is 12.5. The zero-order chi connectivity index (χ0) is 20.6. The fraction of sp³-hybridized carbons (Fsp3) is 0.143. The monoisotopic (exact) mass is 393 g/mol. The number of carbonyl (C=O) groups excluding carboxylic acids is 3. The summed E-state index contributed by atoms with van der Waals surface area (Å²) in [5.74, 6) is -1.32. The van der Waals surface area contributed by atoms with Crippen molar-refractivity contribution in [1.82, 2.24) is 15.6 Å². The standard InChI is InChI=1S/C21H19N3O5/c1-2-22-21(27)24-20(26)19(14-8-4-3-5-9-14)29-18(25)13-12-17-23-15-10-6-7-11-16(15)28-17/h3-13,19H,2H2,1H3,(H2,22,24,26,27)/b13-12+/t19-/m0/s1. The second-order valence-corrected chi connectivity index (χ2v) is 5.93. The van der Waals surface area contributed by atoms with Crippen LogP contribution in [-0.2, 0) is 14.3 Å². The third kappa shape index (κ3) is 5.29. The van der Waals surface area contributed by atoms with Gasteiger partial charge in [0.2, 0.25) is 12.0 Å². The minimum absolute atomic E-state index is 0.228. The number of rotatable bonds is 6. The minimum Gasteiger partial charge on any atom is -0.444 e. The maximum Gasteiger partial charge on any atom is 0.332 e. The number of aromatic nitrogens is 1. The molecule has 0 fully saturated rings. The third-order valence-electron chi connectivity index (χ3n) is 3.82. The van der Waals surface area contributed by atoms with Crippen LogP contribution in [0, 0.1) is 0 Å². The van der Waals surface area contributed by atoms with Crippen molar-refractivity contribution in [2.75, 3.05) is 6.54 Å². The van der Waals surface area contributed by atoms with Crippen LogP contribution >= 0.6 is 0 Å². The van der Waals surface area contributed by atoms with E-state index in [0.29, 0.717) is 23.2 Å². The molecule has 8 heteroatoms. The lowest BCUT2D eigenvalue weighted by Crippen LogP contribution is -2.42. The van der Waals surface area contributed by atoms with Gasteiger partial charge in [-0.2, -0.15) is 0 Å². The van der Waals surface area contributed by atoms with E-state index in [1.807, 2.05) is 12.1 Å². The Hall–Kier alpha value is -3.94. The van der Waals surface area contributed by atoms with Crippen LogP contribution in [0.15, 0.2) is 65.1 Å². The molecule has 29 heavy (non-hydrogen) atoms. The Kier molecular flexibility index (Phi) is 6.36. The van der Waals surface area contributed by atoms with E-state index in [9.17, 15) is 14.4 Å². The molecule has 0 aliphatic rings. The van der Waals surface area contributed by atoms with E-state index >= 15 is 0 Å². The number of hydrogen-bond acceptors (Lipinski definition) is 6. The summed E-state index contributed by atoms with van der Waals surface area (Å²) in [5, 5.41) is 4.60. The molecule has 2 aromatic carbocycles. The number of para-hydroxylation sites is 2. The van der Waals surface area contributed by atoms with Gasteiger partial charge in [0.15, 0.2) is 5.58 Å². The number of carbonyl (C=O) groups is 3. The molecule has 3 rings (SSSR count). The zero-order valence-electron chi connectivity index (χ0n) is 15.6. The van der Waals surface area contributed by atoms with Crippen LogP contribution in [0.3, 0.4) is 0 Å². The number of amides is 3. The smallest absolute Gasteiger partial charge is 0.332 e. The van der Waals surface area contributed by atoms with Gasteiger partial charge < -0.3 is 14.5 Å². The average Bonchev–Trinajstić information content (AvgIpc) is 3.14. The van der Waals surface area contributed by atoms with Crippen molar-refractivity contribution in [2.45, 2.75) is 13.0 Å². The number of nitrogens with one attached hydrogen (secondary N) is 2. The molecule has 1 aromatic heterocycles. The average molecular weight is 393 g/mol. The zero-order valence-corrected chi connectivity index (χ0v) is 15.6. The molecular formula is C21H19N3O5. The highest BCUT2D eigenvalue weighted by molar-refractivity contribution is 5.98. The largest absolute Gasteiger partial charge is 0.444 e. The summed E-state index contributed by atoms with van der Waals surface area (Å²) in [4.78, 5) is 40.6. The minimum atomic E-state index is -1.29. The topological polar surface area (TPSA) is 111 Å². The molecule has 3 amide bonds. The lowest BCUT2D eigenvalue weighted by molar-refractivity contribution is -0.151. The lowest BCUT2D eigenvalue weighted by Gasteiger charge is -2.16. The van der Waals surface area contributed by atoms with Gasteiger partial charge in [0, 0.05) is 24.3 Å². The highest BCUT2D eigenvalue weighted by Crippen LogP contribution is 2.19. The van der Waals surface area contributed by atoms with Crippen molar-refractivity contribution in [1.29, 1.82) is 0 Å². The Morgan fingerprint density at radius 1 is 1.10 bits per heavy atom. The maximum absolute atomic E-state index is 12.5. The first kappa shape index (κ1) is 19.8. The Balaban J connectivity index is 1.73. The van der Waals surface area contributed by atoms with Gasteiger partial charge in [-0.05, 0) is 19.1 Å². The quantitative estimate of drug-likeness (QED) is 0.492. The van der Waals surface area contributed by atoms with Crippen molar-refractivity contribution in [3.63, 3.8) is 0 Å². The van der Waals surface area contributed by atoms with Crippen molar-refractivity contribution in [2.24, 2.45) is 0 Å². The van der Waals surface area contributed by atoms with Crippen molar-refractivity contribution in [3.05, 3.63) is 72.1 Å². The number of ether oxygens (including phenoxy) is 1. The fourth-order valence-corrected chi connectivity index (χ4v) is 2.54. The summed E-state index contributed by atoms with van der Waals surface area (Å²) in [5.41, 5.74) is 1.67. The summed E-state index contributed by atoms with van der Waals surface area (Å²) in [6.45, 7) is 2.07. The molecule has 0 spiro atoms. The van der Waals surface area contributed by atoms with Gasteiger partial charge in [0.25, 0.3) is 5.91 Å². The number of fused-ring (bicyclic) bond motifs is 1. The van der Waals surface area contributed by atoms with E-state index in [1.165, 1.54) is 6.08 Å². The molecule has 0 saturated heterocycles. The molecule has 3 aromatic rings. The molecule has 148 valence electrons. The van der Waals surface area contributed by atoms with E-state index in [0.717, 1.165) is 6.08 Å². The fourth-order valence-electron chi connectivity index (χ4n) is 2.54. The van der Waals surface area contributed by atoms with E-state index in [-0.39, 0.29) is 5.89 Å². The number of hydrogen-bond donors (Lipinski definition) is 2. The lowest BCUT2D eigenvalue weighted by atomic mass is 10.1. The van der Waals surface area contributed by atoms with Crippen LogP contribution in [0.2, 0.25) is 0 Å². The summed E-state index contributed by atoms with van der Waals surface area (Å²) in [7, 11) is 0. The van der Waals surface area contributed by atoms with Gasteiger partial charge in [-0.3, -0.25) is 10.1 Å². The Labute approximate surface area is 166 Å². The van der Waals surface area contributed by atoms with Gasteiger partial charge in [-0.25, -0.2) is 14.6 Å². The summed E-state index contributed by atoms with van der Waals surface area (Å²) >= 11 is 0. The van der Waals surface area contributed by atoms with Gasteiger partial charge >= 0.3 is 12.0 Å². The molecule has 0 aliphatic heterocycles. The third-order valence-corrected chi connectivity index (χ3v) is 3.82. The van der Waals surface area contributed by atoms with Crippen LogP contribution in [0.5, 0.6) is 0 Å². The molecule has 2 N–H and O–H groups in total. The number of oxazole rings is 1. The van der Waals surface area contributed by atoms with E-state index in [4.69, 9.17) is 9.15 Å². The number of imide groups is 1. The van der Waals surface area contributed by atoms with Crippen LogP contribution in [-0.4, -0.2) is 29.4 Å². The van der Waals surface area contributed by atoms with Gasteiger partial charge in [0.05, 0.1) is 0 Å². The van der Waals surface area contributed by atoms with Crippen molar-refractivity contribution in [3.8, 4) is 0 Å². The van der Waals surface area contributed by atoms with E-state index in [1.54, 1.807) is 49.4 Å². The first-order valence-corrected chi connectivity index (χ1v) is 8.94. The van der Waals surface area contributed by atoms with Gasteiger partial charge in [-0.1, -0.05) is 42.5 Å². The van der Waals surface area contributed by atoms with Gasteiger partial charge in [0.1, 0.15) is 5.52 Å². The SMILES string of the molecule is CCNC(=O)NC(=O)[C@@H](OC(=O)/C=C/c1nc2ccccc2o1)c1ccccc1. The number of urea groups is 1. The van der Waals surface area contributed by atoms with Crippen molar-refractivity contribution >= 4 is 35.1 Å². The highest BCUT2D eigenvalue weighted by atomic mass is 16.5. The molecule has 0 saturated carbocycles. The Morgan fingerprint density at radius 3 is 2.55 bits per heavy atom. The van der Waals surface area contributed by atoms with E-state index < -0.39 is 24.0 Å². The molecular weight excluding hydrogens is 374 g/mol. The van der Waals surface area contributed by atoms with E-state index in [2.05, 4.69) is 15.6 Å². The second kappa shape index (κ2) is 9.32. The Bertz CT molecular complexity index is 1010. The molecule has 0 aliphatic carbocycles. The Morgan fingerprint density at radius 2 is 1.83 bits per heavy atom. The van der Waals surface area contributed by atoms with Crippen LogP contribution < -0.4 is 10.6 Å². The first-order chi connectivity index (χ1) is 14.1. The molecule has 0 unspecified atom stereocenters. The molecule has 8 nitrogen and oxygen atoms in total. The number of benzene rings is 2. The molecule has 1 atom stereocenters. The van der Waals surface area contributed by atoms with Gasteiger partial charge in [-0.15, -0.1) is 0 Å². The first-order valence-electron chi connectivity index (χ1n) is 8.94. The van der Waals surface area contributed by atoms with Crippen LogP contribution in [0.1, 0.15) is 24.5 Å². The summed E-state index contributed by atoms with van der Waals surface area (Å²) in [6, 6.07) is 14.9. The predicted molar refractivity (Wildman–Crippen MR) is 106 cm³/mol. The summed E-state index contributed by atoms with van der Waals surface area (Å²) in [6.07, 6.45) is 1.17. The summed E-state index contributed by atoms with van der Waals surface area (Å²) < 4.78 is 10.8. The second-order valence-electron chi connectivity index (χ2n) is 5.93. The van der Waals surface area contributed by atoms with Crippen LogP contribution in [0.25, 0.3) is 17.2 Å². The molecule has 1 heterocycles. The van der Waals surface area contributed by atoms with Crippen LogP contribution in [0.4, 0.5) is 4.79 Å². The molecule has 0 bridgehead atoms.